The molecule has 2 heterocycles. The Kier molecular flexibility index (Phi) is 7.37. The fourth-order valence-electron chi connectivity index (χ4n) is 4.51. The zero-order valence-corrected chi connectivity index (χ0v) is 21.2. The number of nitrogens with one attached hydrogen (secondary N) is 1. The molecular formula is C25H33N7O4. The molecule has 4 rings (SSSR count). The van der Waals surface area contributed by atoms with Crippen molar-refractivity contribution in [2.75, 3.05) is 7.11 Å². The van der Waals surface area contributed by atoms with Crippen molar-refractivity contribution >= 4 is 12.1 Å². The van der Waals surface area contributed by atoms with E-state index in [9.17, 15) is 9.59 Å². The van der Waals surface area contributed by atoms with Gasteiger partial charge in [-0.05, 0) is 33.6 Å². The lowest BCUT2D eigenvalue weighted by molar-refractivity contribution is -0.143. The molecule has 0 bridgehead atoms. The topological polar surface area (TPSA) is 126 Å². The molecular weight excluding hydrogens is 462 g/mol. The molecule has 192 valence electrons. The molecule has 36 heavy (non-hydrogen) atoms. The first-order chi connectivity index (χ1) is 17.2. The van der Waals surface area contributed by atoms with Crippen molar-refractivity contribution in [2.45, 2.75) is 76.6 Å². The predicted octanol–water partition coefficient (Wildman–Crippen LogP) is 3.31. The van der Waals surface area contributed by atoms with Gasteiger partial charge in [-0.2, -0.15) is 0 Å². The quantitative estimate of drug-likeness (QED) is 0.495. The van der Waals surface area contributed by atoms with E-state index in [-0.39, 0.29) is 6.54 Å². The van der Waals surface area contributed by atoms with E-state index in [2.05, 4.69) is 25.9 Å². The van der Waals surface area contributed by atoms with Gasteiger partial charge in [-0.1, -0.05) is 60.0 Å². The third-order valence-corrected chi connectivity index (χ3v) is 6.24. The molecule has 1 aliphatic carbocycles. The van der Waals surface area contributed by atoms with E-state index >= 15 is 0 Å². The van der Waals surface area contributed by atoms with Crippen LogP contribution in [0.2, 0.25) is 0 Å². The van der Waals surface area contributed by atoms with Gasteiger partial charge in [0.05, 0.1) is 26.0 Å². The first-order valence-corrected chi connectivity index (χ1v) is 12.2. The summed E-state index contributed by atoms with van der Waals surface area (Å²) in [5.41, 5.74) is 1.34. The minimum atomic E-state index is -0.988. The highest BCUT2D eigenvalue weighted by molar-refractivity contribution is 5.81. The van der Waals surface area contributed by atoms with Crippen molar-refractivity contribution in [2.24, 2.45) is 0 Å². The van der Waals surface area contributed by atoms with Crippen LogP contribution in [0.4, 0.5) is 4.79 Å². The summed E-state index contributed by atoms with van der Waals surface area (Å²) in [5.74, 6) is -0.603. The fraction of sp³-hybridized carbons (Fsp3) is 0.520. The molecule has 0 radical (unpaired) electrons. The number of rotatable bonds is 7. The molecule has 1 amide bonds. The molecule has 3 aromatic rings. The number of esters is 1. The second-order valence-electron chi connectivity index (χ2n) is 10.1. The molecule has 1 unspecified atom stereocenters. The zero-order valence-electron chi connectivity index (χ0n) is 21.2. The highest BCUT2D eigenvalue weighted by Crippen LogP contribution is 2.39. The summed E-state index contributed by atoms with van der Waals surface area (Å²) >= 11 is 0. The van der Waals surface area contributed by atoms with Gasteiger partial charge >= 0.3 is 12.1 Å². The van der Waals surface area contributed by atoms with Crippen LogP contribution in [-0.2, 0) is 26.4 Å². The van der Waals surface area contributed by atoms with Crippen LogP contribution in [0.15, 0.2) is 42.7 Å². The lowest BCUT2D eigenvalue weighted by Crippen LogP contribution is -2.46. The van der Waals surface area contributed by atoms with Crippen LogP contribution >= 0.6 is 0 Å². The van der Waals surface area contributed by atoms with Crippen molar-refractivity contribution in [3.63, 3.8) is 0 Å². The summed E-state index contributed by atoms with van der Waals surface area (Å²) in [6, 6.07) is 8.93. The van der Waals surface area contributed by atoms with Gasteiger partial charge in [0.15, 0.2) is 0 Å². The maximum Gasteiger partial charge on any atom is 0.408 e. The largest absolute Gasteiger partial charge is 0.467 e. The minimum absolute atomic E-state index is 0.0433. The lowest BCUT2D eigenvalue weighted by atomic mass is 9.79. The third kappa shape index (κ3) is 5.72. The number of carbonyl (C=O) groups excluding carboxylic acids is 2. The van der Waals surface area contributed by atoms with Gasteiger partial charge < -0.3 is 14.8 Å². The Labute approximate surface area is 210 Å². The van der Waals surface area contributed by atoms with Gasteiger partial charge in [-0.25, -0.2) is 19.0 Å². The summed E-state index contributed by atoms with van der Waals surface area (Å²) in [7, 11) is 1.27. The van der Waals surface area contributed by atoms with Crippen LogP contribution in [0, 0.1) is 0 Å². The second kappa shape index (κ2) is 10.5. The Hall–Kier alpha value is -3.76. The average Bonchev–Trinajstić information content (AvgIpc) is 3.54. The molecule has 0 aliphatic heterocycles. The van der Waals surface area contributed by atoms with E-state index in [1.165, 1.54) is 7.11 Å². The van der Waals surface area contributed by atoms with Crippen LogP contribution in [-0.4, -0.2) is 60.8 Å². The summed E-state index contributed by atoms with van der Waals surface area (Å²) in [5, 5.41) is 20.2. The van der Waals surface area contributed by atoms with Crippen molar-refractivity contribution in [3.8, 4) is 11.3 Å². The number of aromatic nitrogens is 6. The van der Waals surface area contributed by atoms with Crippen molar-refractivity contribution < 1.29 is 19.1 Å². The number of benzene rings is 1. The number of hydrogen-bond acceptors (Lipinski definition) is 8. The molecule has 0 saturated heterocycles. The molecule has 1 N–H and O–H groups in total. The summed E-state index contributed by atoms with van der Waals surface area (Å²) in [4.78, 5) is 24.7. The molecule has 1 saturated carbocycles. The van der Waals surface area contributed by atoms with E-state index in [1.807, 2.05) is 47.4 Å². The Bertz CT molecular complexity index is 1180. The third-order valence-electron chi connectivity index (χ3n) is 6.24. The molecule has 1 fully saturated rings. The maximum absolute atomic E-state index is 12.4. The number of nitrogens with zero attached hydrogens (tertiary/aromatic N) is 6. The highest BCUT2D eigenvalue weighted by atomic mass is 16.6. The molecule has 11 heteroatoms. The molecule has 1 aliphatic rings. The SMILES string of the molecule is COC(=O)C(Cn1cc(C2(n3cc(-c4ccccc4)nn3)CCCCC2)nn1)NC(=O)OC(C)(C)C. The monoisotopic (exact) mass is 495 g/mol. The van der Waals surface area contributed by atoms with Gasteiger partial charge in [0, 0.05) is 5.56 Å². The second-order valence-corrected chi connectivity index (χ2v) is 10.1. The minimum Gasteiger partial charge on any atom is -0.467 e. The summed E-state index contributed by atoms with van der Waals surface area (Å²) in [6.45, 7) is 5.29. The van der Waals surface area contributed by atoms with Crippen LogP contribution in [0.3, 0.4) is 0 Å². The highest BCUT2D eigenvalue weighted by Gasteiger charge is 2.40. The van der Waals surface area contributed by atoms with Gasteiger partial charge in [0.1, 0.15) is 28.6 Å². The fourth-order valence-corrected chi connectivity index (χ4v) is 4.51. The maximum atomic E-state index is 12.4. The Balaban J connectivity index is 1.58. The van der Waals surface area contributed by atoms with E-state index in [0.29, 0.717) is 0 Å². The van der Waals surface area contributed by atoms with Crippen molar-refractivity contribution in [1.82, 2.24) is 35.3 Å². The van der Waals surface area contributed by atoms with Gasteiger partial charge in [-0.3, -0.25) is 0 Å². The van der Waals surface area contributed by atoms with Crippen LogP contribution in [0.25, 0.3) is 11.3 Å². The molecule has 1 aromatic carbocycles. The average molecular weight is 496 g/mol. The van der Waals surface area contributed by atoms with E-state index in [1.54, 1.807) is 25.5 Å². The van der Waals surface area contributed by atoms with Gasteiger partial charge in [0.2, 0.25) is 0 Å². The first-order valence-electron chi connectivity index (χ1n) is 12.2. The van der Waals surface area contributed by atoms with Crippen molar-refractivity contribution in [1.29, 1.82) is 0 Å². The lowest BCUT2D eigenvalue weighted by Gasteiger charge is -2.35. The van der Waals surface area contributed by atoms with Crippen molar-refractivity contribution in [3.05, 3.63) is 48.4 Å². The number of hydrogen-bond donors (Lipinski definition) is 1. The van der Waals surface area contributed by atoms with Crippen LogP contribution in [0.1, 0.15) is 58.6 Å². The van der Waals surface area contributed by atoms with E-state index < -0.39 is 29.2 Å². The first kappa shape index (κ1) is 25.3. The number of alkyl carbamates (subject to hydrolysis) is 1. The molecule has 11 nitrogen and oxygen atoms in total. The summed E-state index contributed by atoms with van der Waals surface area (Å²) < 4.78 is 13.6. The normalized spacial score (nSPS) is 16.2. The number of methoxy groups -OCH3 is 1. The van der Waals surface area contributed by atoms with Crippen LogP contribution < -0.4 is 5.32 Å². The van der Waals surface area contributed by atoms with Crippen LogP contribution in [0.5, 0.6) is 0 Å². The Morgan fingerprint density at radius 3 is 2.44 bits per heavy atom. The Morgan fingerprint density at radius 2 is 1.78 bits per heavy atom. The molecule has 2 aromatic heterocycles. The van der Waals surface area contributed by atoms with Gasteiger partial charge in [-0.15, -0.1) is 10.2 Å². The predicted molar refractivity (Wildman–Crippen MR) is 131 cm³/mol. The van der Waals surface area contributed by atoms with E-state index in [0.717, 1.165) is 49.1 Å². The number of amides is 1. The standard InChI is InChI=1S/C25H33N7O4/c1-24(2,3)36-23(34)26-20(22(33)35-4)15-31-17-21(28-29-31)25(13-9-6-10-14-25)32-16-19(27-30-32)18-11-7-5-8-12-18/h5,7-8,11-12,16-17,20H,6,9-10,13-15H2,1-4H3,(H,26,34). The van der Waals surface area contributed by atoms with E-state index in [4.69, 9.17) is 9.47 Å². The Morgan fingerprint density at radius 1 is 1.06 bits per heavy atom. The smallest absolute Gasteiger partial charge is 0.408 e. The summed E-state index contributed by atoms with van der Waals surface area (Å²) in [6.07, 6.45) is 7.94. The number of ether oxygens (including phenoxy) is 2. The number of carbonyl (C=O) groups is 2. The zero-order chi connectivity index (χ0) is 25.8. The van der Waals surface area contributed by atoms with Gasteiger partial charge in [0.25, 0.3) is 0 Å². The molecule has 0 spiro atoms. The molecule has 1 atom stereocenters.